The van der Waals surface area contributed by atoms with Crippen LogP contribution in [0.3, 0.4) is 0 Å². The minimum absolute atomic E-state index is 0.0270. The van der Waals surface area contributed by atoms with E-state index < -0.39 is 0 Å². The number of nitrogens with zero attached hydrogens (tertiary/aromatic N) is 4. The highest BCUT2D eigenvalue weighted by Gasteiger charge is 2.33. The number of rotatable bonds is 5. The molecule has 1 fully saturated rings. The van der Waals surface area contributed by atoms with Crippen molar-refractivity contribution in [3.05, 3.63) is 70.7 Å². The zero-order valence-electron chi connectivity index (χ0n) is 18.3. The molecule has 1 aliphatic heterocycles. The topological polar surface area (TPSA) is 80.2 Å². The fourth-order valence-electron chi connectivity index (χ4n) is 4.17. The number of benzene rings is 1. The normalized spacial score (nSPS) is 15.7. The van der Waals surface area contributed by atoms with Gasteiger partial charge in [-0.1, -0.05) is 18.2 Å². The second-order valence-electron chi connectivity index (χ2n) is 7.86. The molecule has 160 valence electrons. The maximum atomic E-state index is 13.4. The van der Waals surface area contributed by atoms with Gasteiger partial charge in [-0.2, -0.15) is 0 Å². The van der Waals surface area contributed by atoms with Crippen LogP contribution in [0.4, 0.5) is 11.8 Å². The third kappa shape index (κ3) is 4.35. The molecule has 1 amide bonds. The van der Waals surface area contributed by atoms with Gasteiger partial charge in [-0.25, -0.2) is 15.0 Å². The van der Waals surface area contributed by atoms with Crippen LogP contribution in [0.25, 0.3) is 0 Å². The lowest BCUT2D eigenvalue weighted by molar-refractivity contribution is 0.0729. The van der Waals surface area contributed by atoms with Crippen molar-refractivity contribution in [2.24, 2.45) is 0 Å². The number of pyridine rings is 1. The molecule has 1 atom stereocenters. The van der Waals surface area contributed by atoms with Crippen LogP contribution in [0, 0.1) is 20.8 Å². The van der Waals surface area contributed by atoms with Gasteiger partial charge < -0.3 is 15.0 Å². The summed E-state index contributed by atoms with van der Waals surface area (Å²) in [4.78, 5) is 28.9. The highest BCUT2D eigenvalue weighted by atomic mass is 16.5. The molecular weight excluding hydrogens is 390 g/mol. The van der Waals surface area contributed by atoms with E-state index in [1.807, 2.05) is 68.1 Å². The molecule has 0 aliphatic carbocycles. The fourth-order valence-corrected chi connectivity index (χ4v) is 4.17. The van der Waals surface area contributed by atoms with Gasteiger partial charge in [0.05, 0.1) is 24.4 Å². The number of likely N-dealkylation sites (tertiary alicyclic amines) is 1. The Balaban J connectivity index is 1.60. The lowest BCUT2D eigenvalue weighted by Crippen LogP contribution is -2.31. The summed E-state index contributed by atoms with van der Waals surface area (Å²) in [7, 11) is 1.60. The number of carbonyl (C=O) groups excluding carboxylic acids is 1. The van der Waals surface area contributed by atoms with Crippen LogP contribution in [0.5, 0.6) is 5.75 Å². The second kappa shape index (κ2) is 8.71. The molecule has 1 N–H and O–H groups in total. The first kappa shape index (κ1) is 20.8. The maximum absolute atomic E-state index is 13.4. The van der Waals surface area contributed by atoms with Crippen molar-refractivity contribution in [2.75, 3.05) is 19.0 Å². The Hall–Kier alpha value is -3.48. The summed E-state index contributed by atoms with van der Waals surface area (Å²) in [6.45, 7) is 6.51. The number of hydrogen-bond acceptors (Lipinski definition) is 6. The van der Waals surface area contributed by atoms with E-state index in [1.165, 1.54) is 0 Å². The lowest BCUT2D eigenvalue weighted by Gasteiger charge is -2.25. The highest BCUT2D eigenvalue weighted by Crippen LogP contribution is 2.35. The van der Waals surface area contributed by atoms with Gasteiger partial charge in [-0.15, -0.1) is 0 Å². The molecule has 1 aliphatic rings. The molecular formula is C24H27N5O2. The van der Waals surface area contributed by atoms with E-state index in [9.17, 15) is 4.79 Å². The minimum atomic E-state index is -0.0837. The molecule has 7 nitrogen and oxygen atoms in total. The van der Waals surface area contributed by atoms with E-state index in [4.69, 9.17) is 9.72 Å². The zero-order chi connectivity index (χ0) is 22.0. The molecule has 3 aromatic rings. The Labute approximate surface area is 182 Å². The number of para-hydroxylation sites is 1. The fraction of sp³-hybridized carbons (Fsp3) is 0.333. The van der Waals surface area contributed by atoms with E-state index in [-0.39, 0.29) is 11.9 Å². The van der Waals surface area contributed by atoms with Gasteiger partial charge in [0.25, 0.3) is 5.91 Å². The summed E-state index contributed by atoms with van der Waals surface area (Å²) in [5.74, 6) is 1.79. The van der Waals surface area contributed by atoms with Crippen molar-refractivity contribution in [3.8, 4) is 5.75 Å². The number of hydrogen-bond donors (Lipinski definition) is 1. The van der Waals surface area contributed by atoms with E-state index in [0.29, 0.717) is 29.6 Å². The molecule has 2 aromatic heterocycles. The zero-order valence-corrected chi connectivity index (χ0v) is 18.3. The Kier molecular flexibility index (Phi) is 5.84. The summed E-state index contributed by atoms with van der Waals surface area (Å²) in [6.07, 6.45) is 1.81. The van der Waals surface area contributed by atoms with E-state index >= 15 is 0 Å². The number of aromatic nitrogens is 3. The second-order valence-corrected chi connectivity index (χ2v) is 7.86. The first-order valence-corrected chi connectivity index (χ1v) is 10.5. The van der Waals surface area contributed by atoms with Crippen molar-refractivity contribution in [2.45, 2.75) is 39.7 Å². The maximum Gasteiger partial charge on any atom is 0.258 e. The van der Waals surface area contributed by atoms with Gasteiger partial charge in [0.15, 0.2) is 0 Å². The first-order valence-electron chi connectivity index (χ1n) is 10.5. The first-order chi connectivity index (χ1) is 15.0. The molecule has 3 heterocycles. The average molecular weight is 418 g/mol. The van der Waals surface area contributed by atoms with E-state index in [0.717, 1.165) is 35.5 Å². The Bertz CT molecular complexity index is 1090. The van der Waals surface area contributed by atoms with Gasteiger partial charge >= 0.3 is 0 Å². The van der Waals surface area contributed by atoms with Crippen molar-refractivity contribution in [1.82, 2.24) is 19.9 Å². The minimum Gasteiger partial charge on any atom is -0.496 e. The molecule has 1 unspecified atom stereocenters. The van der Waals surface area contributed by atoms with Gasteiger partial charge in [0.2, 0.25) is 5.95 Å². The standard InChI is InChI=1S/C24H27N5O2/c1-15-8-5-9-18(22(15)31-4)23(30)29-13-7-11-20(29)19-10-6-12-21(27-19)28-24-25-16(2)14-17(3)26-24/h5-6,8-10,12,14,20H,7,11,13H2,1-4H3,(H,25,26,27,28). The van der Waals surface area contributed by atoms with Crippen LogP contribution in [0.15, 0.2) is 42.5 Å². The van der Waals surface area contributed by atoms with Gasteiger partial charge in [-0.05, 0) is 63.4 Å². The third-order valence-corrected chi connectivity index (χ3v) is 5.49. The predicted molar refractivity (Wildman–Crippen MR) is 120 cm³/mol. The van der Waals surface area contributed by atoms with Crippen LogP contribution >= 0.6 is 0 Å². The Morgan fingerprint density at radius 2 is 1.81 bits per heavy atom. The van der Waals surface area contributed by atoms with Crippen molar-refractivity contribution in [3.63, 3.8) is 0 Å². The van der Waals surface area contributed by atoms with Crippen LogP contribution in [0.2, 0.25) is 0 Å². The van der Waals surface area contributed by atoms with Crippen molar-refractivity contribution >= 4 is 17.7 Å². The van der Waals surface area contributed by atoms with Crippen molar-refractivity contribution in [1.29, 1.82) is 0 Å². The highest BCUT2D eigenvalue weighted by molar-refractivity contribution is 5.97. The van der Waals surface area contributed by atoms with E-state index in [1.54, 1.807) is 7.11 Å². The van der Waals surface area contributed by atoms with Crippen LogP contribution in [-0.4, -0.2) is 39.4 Å². The molecule has 4 rings (SSSR count). The summed E-state index contributed by atoms with van der Waals surface area (Å²) in [5.41, 5.74) is 4.18. The Morgan fingerprint density at radius 3 is 2.55 bits per heavy atom. The molecule has 1 saturated heterocycles. The monoisotopic (exact) mass is 417 g/mol. The molecule has 0 saturated carbocycles. The van der Waals surface area contributed by atoms with E-state index in [2.05, 4.69) is 15.3 Å². The molecule has 0 radical (unpaired) electrons. The lowest BCUT2D eigenvalue weighted by atomic mass is 10.1. The van der Waals surface area contributed by atoms with Crippen LogP contribution in [0.1, 0.15) is 51.9 Å². The van der Waals surface area contributed by atoms with Gasteiger partial charge in [-0.3, -0.25) is 4.79 Å². The summed E-state index contributed by atoms with van der Waals surface area (Å²) in [6, 6.07) is 13.3. The quantitative estimate of drug-likeness (QED) is 0.657. The predicted octanol–water partition coefficient (Wildman–Crippen LogP) is 4.53. The van der Waals surface area contributed by atoms with Gasteiger partial charge in [0.1, 0.15) is 11.6 Å². The van der Waals surface area contributed by atoms with Crippen LogP contribution in [-0.2, 0) is 0 Å². The van der Waals surface area contributed by atoms with Crippen LogP contribution < -0.4 is 10.1 Å². The largest absolute Gasteiger partial charge is 0.496 e. The smallest absolute Gasteiger partial charge is 0.258 e. The number of anilines is 2. The molecule has 1 aromatic carbocycles. The average Bonchev–Trinajstić information content (AvgIpc) is 3.22. The van der Waals surface area contributed by atoms with Gasteiger partial charge in [0, 0.05) is 17.9 Å². The Morgan fingerprint density at radius 1 is 1.06 bits per heavy atom. The summed E-state index contributed by atoms with van der Waals surface area (Å²) >= 11 is 0. The van der Waals surface area contributed by atoms with Crippen molar-refractivity contribution < 1.29 is 9.53 Å². The molecule has 0 bridgehead atoms. The SMILES string of the molecule is COc1c(C)cccc1C(=O)N1CCCC1c1cccc(Nc2nc(C)cc(C)n2)n1. The number of carbonyl (C=O) groups is 1. The number of nitrogens with one attached hydrogen (secondary N) is 1. The molecule has 31 heavy (non-hydrogen) atoms. The molecule has 7 heteroatoms. The number of ether oxygens (including phenoxy) is 1. The number of methoxy groups -OCH3 is 1. The summed E-state index contributed by atoms with van der Waals surface area (Å²) in [5, 5.41) is 3.19. The summed E-state index contributed by atoms with van der Waals surface area (Å²) < 4.78 is 5.52. The third-order valence-electron chi connectivity index (χ3n) is 5.49. The molecule has 0 spiro atoms. The number of amides is 1. The number of aryl methyl sites for hydroxylation is 3.